The summed E-state index contributed by atoms with van der Waals surface area (Å²) in [6.07, 6.45) is 4.18. The molecule has 0 aromatic heterocycles. The van der Waals surface area contributed by atoms with Gasteiger partial charge in [0, 0.05) is 30.1 Å². The third-order valence-corrected chi connectivity index (χ3v) is 6.20. The van der Waals surface area contributed by atoms with Crippen molar-refractivity contribution >= 4 is 11.4 Å². The Morgan fingerprint density at radius 3 is 2.27 bits per heavy atom. The van der Waals surface area contributed by atoms with E-state index in [0.29, 0.717) is 5.92 Å². The van der Waals surface area contributed by atoms with Crippen molar-refractivity contribution in [2.75, 3.05) is 13.1 Å². The van der Waals surface area contributed by atoms with Crippen molar-refractivity contribution in [2.24, 2.45) is 5.92 Å². The van der Waals surface area contributed by atoms with E-state index in [1.54, 1.807) is 0 Å². The minimum Gasteiger partial charge on any atom is -0.598 e. The molecule has 0 spiro atoms. The monoisotopic (exact) mass is 376 g/mol. The second-order valence-electron chi connectivity index (χ2n) is 7.71. The van der Waals surface area contributed by atoms with Crippen molar-refractivity contribution in [1.82, 2.24) is 9.62 Å². The van der Waals surface area contributed by atoms with Crippen molar-refractivity contribution in [3.63, 3.8) is 0 Å². The molecular formula is C22H36N2OS. The van der Waals surface area contributed by atoms with Crippen LogP contribution in [-0.4, -0.2) is 27.3 Å². The Morgan fingerprint density at radius 2 is 1.81 bits per heavy atom. The highest BCUT2D eigenvalue weighted by Gasteiger charge is 2.32. The molecule has 1 rings (SSSR count). The Kier molecular flexibility index (Phi) is 9.48. The highest BCUT2D eigenvalue weighted by Crippen LogP contribution is 2.28. The molecule has 0 saturated carbocycles. The van der Waals surface area contributed by atoms with E-state index in [9.17, 15) is 4.55 Å². The molecule has 1 aromatic rings. The van der Waals surface area contributed by atoms with Gasteiger partial charge in [0.05, 0.1) is 0 Å². The molecule has 2 atom stereocenters. The third kappa shape index (κ3) is 6.82. The van der Waals surface area contributed by atoms with Crippen LogP contribution in [0.4, 0.5) is 0 Å². The zero-order valence-corrected chi connectivity index (χ0v) is 17.9. The largest absolute Gasteiger partial charge is 0.598 e. The molecule has 0 fully saturated rings. The molecule has 0 saturated heterocycles. The van der Waals surface area contributed by atoms with Gasteiger partial charge in [0.2, 0.25) is 0 Å². The molecule has 3 nitrogen and oxygen atoms in total. The normalized spacial score (nSPS) is 14.1. The predicted molar refractivity (Wildman–Crippen MR) is 115 cm³/mol. The Morgan fingerprint density at radius 1 is 1.23 bits per heavy atom. The summed E-state index contributed by atoms with van der Waals surface area (Å²) in [5.41, 5.74) is 2.02. The topological polar surface area (TPSA) is 38.3 Å². The van der Waals surface area contributed by atoms with Crippen LogP contribution in [0.5, 0.6) is 0 Å². The summed E-state index contributed by atoms with van der Waals surface area (Å²) < 4.78 is 15.8. The molecule has 0 radical (unpaired) electrons. The van der Waals surface area contributed by atoms with Crippen molar-refractivity contribution in [3.05, 3.63) is 60.8 Å². The zero-order valence-electron chi connectivity index (χ0n) is 17.1. The van der Waals surface area contributed by atoms with Gasteiger partial charge in [-0.2, -0.15) is 0 Å². The minimum absolute atomic E-state index is 0.189. The lowest BCUT2D eigenvalue weighted by atomic mass is 10.00. The number of hydrogen-bond donors (Lipinski definition) is 1. The molecule has 0 aliphatic carbocycles. The van der Waals surface area contributed by atoms with Crippen LogP contribution >= 0.6 is 0 Å². The van der Waals surface area contributed by atoms with Crippen LogP contribution in [-0.2, 0) is 11.4 Å². The maximum atomic E-state index is 12.8. The van der Waals surface area contributed by atoms with Gasteiger partial charge in [0.25, 0.3) is 0 Å². The Hall–Kier alpha value is -1.23. The fraction of sp³-hybridized carbons (Fsp3) is 0.545. The van der Waals surface area contributed by atoms with Crippen molar-refractivity contribution in [3.8, 4) is 0 Å². The number of nitrogens with one attached hydrogen (secondary N) is 1. The predicted octanol–water partition coefficient (Wildman–Crippen LogP) is 5.22. The lowest BCUT2D eigenvalue weighted by molar-refractivity contribution is 0.280. The Bertz CT molecular complexity index is 549. The summed E-state index contributed by atoms with van der Waals surface area (Å²) in [6.45, 7) is 20.4. The number of benzene rings is 1. The van der Waals surface area contributed by atoms with Crippen molar-refractivity contribution in [1.29, 1.82) is 0 Å². The van der Waals surface area contributed by atoms with E-state index in [-0.39, 0.29) is 10.8 Å². The van der Waals surface area contributed by atoms with Gasteiger partial charge in [-0.05, 0) is 32.3 Å². The van der Waals surface area contributed by atoms with Crippen LogP contribution < -0.4 is 4.72 Å². The van der Waals surface area contributed by atoms with Gasteiger partial charge in [-0.1, -0.05) is 69.7 Å². The second-order valence-corrected chi connectivity index (χ2v) is 9.71. The van der Waals surface area contributed by atoms with Crippen LogP contribution in [0.15, 0.2) is 55.3 Å². The number of nitrogens with zero attached hydrogens (tertiary/aromatic N) is 1. The molecule has 146 valence electrons. The quantitative estimate of drug-likeness (QED) is 0.425. The molecule has 0 bridgehead atoms. The van der Waals surface area contributed by atoms with Gasteiger partial charge < -0.3 is 9.45 Å². The molecule has 1 N–H and O–H groups in total. The lowest BCUT2D eigenvalue weighted by Crippen LogP contribution is -2.44. The van der Waals surface area contributed by atoms with E-state index in [2.05, 4.69) is 48.8 Å². The van der Waals surface area contributed by atoms with E-state index in [1.807, 2.05) is 45.0 Å². The maximum Gasteiger partial charge on any atom is 0.136 e. The second kappa shape index (κ2) is 10.8. The van der Waals surface area contributed by atoms with Crippen molar-refractivity contribution < 1.29 is 4.55 Å². The van der Waals surface area contributed by atoms with Gasteiger partial charge in [0.15, 0.2) is 0 Å². The fourth-order valence-electron chi connectivity index (χ4n) is 2.76. The molecule has 1 aromatic carbocycles. The van der Waals surface area contributed by atoms with E-state index in [4.69, 9.17) is 0 Å². The first kappa shape index (κ1) is 22.8. The van der Waals surface area contributed by atoms with E-state index >= 15 is 0 Å². The molecule has 4 heteroatoms. The first-order chi connectivity index (χ1) is 12.2. The summed E-state index contributed by atoms with van der Waals surface area (Å²) in [6, 6.07) is 9.95. The van der Waals surface area contributed by atoms with E-state index < -0.39 is 11.4 Å². The molecule has 0 unspecified atom stereocenters. The van der Waals surface area contributed by atoms with E-state index in [1.165, 1.54) is 0 Å². The molecule has 0 amide bonds. The standard InChI is InChI=1S/C22H36N2OS/c1-8-16-24(17-19(9-2)10-3)18(4)21(20-14-12-11-13-15-20)23-26(25)22(5,6)7/h8,11-15,19,21,23H,1,4,9-10,16-17H2,2-3,5-7H3/t21-,26+/m1/s1. The number of hydrogen-bond acceptors (Lipinski definition) is 3. The van der Waals surface area contributed by atoms with Gasteiger partial charge in [-0.25, -0.2) is 0 Å². The summed E-state index contributed by atoms with van der Waals surface area (Å²) in [5, 5.41) is 0. The van der Waals surface area contributed by atoms with Gasteiger partial charge in [-0.15, -0.1) is 11.3 Å². The zero-order chi connectivity index (χ0) is 19.7. The fourth-order valence-corrected chi connectivity index (χ4v) is 3.60. The average Bonchev–Trinajstić information content (AvgIpc) is 2.62. The van der Waals surface area contributed by atoms with Gasteiger partial charge in [0.1, 0.15) is 10.8 Å². The number of rotatable bonds is 11. The van der Waals surface area contributed by atoms with Crippen LogP contribution in [0.2, 0.25) is 0 Å². The smallest absolute Gasteiger partial charge is 0.136 e. The third-order valence-electron chi connectivity index (χ3n) is 4.64. The lowest BCUT2D eigenvalue weighted by Gasteiger charge is -2.35. The molecular weight excluding hydrogens is 340 g/mol. The van der Waals surface area contributed by atoms with Crippen LogP contribution in [0.3, 0.4) is 0 Å². The summed E-state index contributed by atoms with van der Waals surface area (Å²) in [4.78, 5) is 2.27. The molecule has 0 aliphatic rings. The van der Waals surface area contributed by atoms with Gasteiger partial charge >= 0.3 is 0 Å². The van der Waals surface area contributed by atoms with Crippen molar-refractivity contribution in [2.45, 2.75) is 58.2 Å². The van der Waals surface area contributed by atoms with Crippen LogP contribution in [0.1, 0.15) is 59.1 Å². The minimum atomic E-state index is -1.19. The Balaban J connectivity index is 3.13. The summed E-state index contributed by atoms with van der Waals surface area (Å²) in [7, 11) is 0. The summed E-state index contributed by atoms with van der Waals surface area (Å²) in [5.74, 6) is 0.608. The first-order valence-corrected chi connectivity index (χ1v) is 10.7. The maximum absolute atomic E-state index is 12.8. The molecule has 26 heavy (non-hydrogen) atoms. The average molecular weight is 377 g/mol. The van der Waals surface area contributed by atoms with E-state index in [0.717, 1.165) is 37.2 Å². The highest BCUT2D eigenvalue weighted by atomic mass is 32.2. The molecule has 0 heterocycles. The van der Waals surface area contributed by atoms with Crippen LogP contribution in [0.25, 0.3) is 0 Å². The first-order valence-electron chi connectivity index (χ1n) is 9.52. The van der Waals surface area contributed by atoms with Gasteiger partial charge in [-0.3, -0.25) is 0 Å². The highest BCUT2D eigenvalue weighted by molar-refractivity contribution is 7.90. The Labute approximate surface area is 163 Å². The SMILES string of the molecule is C=CCN(CC(CC)CC)C(=C)[C@@H](N[S@@+]([O-])C(C)(C)C)c1ccccc1. The summed E-state index contributed by atoms with van der Waals surface area (Å²) >= 11 is -1.19. The van der Waals surface area contributed by atoms with Crippen LogP contribution in [0, 0.1) is 5.92 Å². The molecule has 0 aliphatic heterocycles.